The summed E-state index contributed by atoms with van der Waals surface area (Å²) < 4.78 is 5.55. The number of halogens is 1. The summed E-state index contributed by atoms with van der Waals surface area (Å²) >= 11 is 6.05. The van der Waals surface area contributed by atoms with E-state index in [4.69, 9.17) is 16.3 Å². The lowest BCUT2D eigenvalue weighted by Gasteiger charge is -2.39. The van der Waals surface area contributed by atoms with Crippen LogP contribution in [0.25, 0.3) is 0 Å². The summed E-state index contributed by atoms with van der Waals surface area (Å²) in [6.45, 7) is 5.51. The first-order chi connectivity index (χ1) is 9.97. The molecule has 5 heteroatoms. The van der Waals surface area contributed by atoms with Gasteiger partial charge in [0.1, 0.15) is 5.15 Å². The molecule has 1 aliphatic heterocycles. The number of aryl methyl sites for hydroxylation is 1. The minimum Gasteiger partial charge on any atom is -0.377 e. The number of pyridine rings is 1. The molecule has 4 nitrogen and oxygen atoms in total. The molecule has 1 amide bonds. The van der Waals surface area contributed by atoms with Crippen LogP contribution in [0.5, 0.6) is 0 Å². The normalized spacial score (nSPS) is 22.4. The molecular weight excluding hydrogens is 288 g/mol. The van der Waals surface area contributed by atoms with Gasteiger partial charge in [-0.2, -0.15) is 0 Å². The van der Waals surface area contributed by atoms with E-state index in [1.807, 2.05) is 11.0 Å². The van der Waals surface area contributed by atoms with Crippen LogP contribution in [-0.2, 0) is 11.2 Å². The van der Waals surface area contributed by atoms with Crippen LogP contribution in [0.3, 0.4) is 0 Å². The summed E-state index contributed by atoms with van der Waals surface area (Å²) in [6, 6.07) is 3.51. The largest absolute Gasteiger partial charge is 0.377 e. The molecule has 0 radical (unpaired) electrons. The number of aromatic nitrogens is 1. The van der Waals surface area contributed by atoms with Crippen LogP contribution < -0.4 is 0 Å². The summed E-state index contributed by atoms with van der Waals surface area (Å²) in [5.41, 5.74) is 1.25. The van der Waals surface area contributed by atoms with Crippen molar-refractivity contribution in [3.63, 3.8) is 0 Å². The number of amides is 1. The van der Waals surface area contributed by atoms with E-state index in [-0.39, 0.29) is 11.5 Å². The highest BCUT2D eigenvalue weighted by atomic mass is 35.5. The van der Waals surface area contributed by atoms with E-state index in [9.17, 15) is 4.79 Å². The second-order valence-corrected chi connectivity index (χ2v) is 6.29. The molecule has 1 aliphatic rings. The van der Waals surface area contributed by atoms with Gasteiger partial charge in [0.25, 0.3) is 5.91 Å². The highest BCUT2D eigenvalue weighted by molar-refractivity contribution is 6.29. The van der Waals surface area contributed by atoms with Crippen molar-refractivity contribution < 1.29 is 9.53 Å². The SMILES string of the molecule is CCCc1cc(C(=O)N2CCCC(C)(OC)C2)cc(Cl)n1. The van der Waals surface area contributed by atoms with Gasteiger partial charge in [-0.15, -0.1) is 0 Å². The minimum atomic E-state index is -0.253. The molecule has 1 aromatic heterocycles. The molecule has 0 aromatic carbocycles. The van der Waals surface area contributed by atoms with Crippen molar-refractivity contribution in [2.24, 2.45) is 0 Å². The second kappa shape index (κ2) is 6.75. The summed E-state index contributed by atoms with van der Waals surface area (Å²) in [5.74, 6) is 0.0135. The Bertz CT molecular complexity index is 521. The fourth-order valence-electron chi connectivity index (χ4n) is 2.79. The Hall–Kier alpha value is -1.13. The van der Waals surface area contributed by atoms with E-state index in [2.05, 4.69) is 18.8 Å². The van der Waals surface area contributed by atoms with Crippen LogP contribution in [0.1, 0.15) is 49.2 Å². The van der Waals surface area contributed by atoms with Gasteiger partial charge in [-0.05, 0) is 38.3 Å². The van der Waals surface area contributed by atoms with Crippen molar-refractivity contribution in [3.05, 3.63) is 28.5 Å². The Labute approximate surface area is 131 Å². The van der Waals surface area contributed by atoms with Gasteiger partial charge >= 0.3 is 0 Å². The minimum absolute atomic E-state index is 0.0135. The number of nitrogens with zero attached hydrogens (tertiary/aromatic N) is 2. The average molecular weight is 311 g/mol. The maximum atomic E-state index is 12.7. The average Bonchev–Trinajstić information content (AvgIpc) is 2.46. The van der Waals surface area contributed by atoms with E-state index in [0.29, 0.717) is 17.3 Å². The van der Waals surface area contributed by atoms with Gasteiger partial charge in [-0.3, -0.25) is 4.79 Å². The predicted molar refractivity (Wildman–Crippen MR) is 83.8 cm³/mol. The van der Waals surface area contributed by atoms with Crippen molar-refractivity contribution in [2.45, 2.75) is 45.1 Å². The number of hydrogen-bond donors (Lipinski definition) is 0. The molecule has 0 N–H and O–H groups in total. The molecule has 21 heavy (non-hydrogen) atoms. The number of hydrogen-bond acceptors (Lipinski definition) is 3. The predicted octanol–water partition coefficient (Wildman–Crippen LogP) is 3.33. The molecule has 1 fully saturated rings. The molecule has 1 aromatic rings. The first-order valence-electron chi connectivity index (χ1n) is 7.48. The lowest BCUT2D eigenvalue weighted by molar-refractivity contribution is -0.0440. The van der Waals surface area contributed by atoms with Crippen LogP contribution in [0, 0.1) is 0 Å². The van der Waals surface area contributed by atoms with E-state index in [0.717, 1.165) is 37.9 Å². The van der Waals surface area contributed by atoms with E-state index in [1.54, 1.807) is 13.2 Å². The number of rotatable bonds is 4. The topological polar surface area (TPSA) is 42.4 Å². The lowest BCUT2D eigenvalue weighted by atomic mass is 9.94. The van der Waals surface area contributed by atoms with Crippen molar-refractivity contribution in [1.82, 2.24) is 9.88 Å². The smallest absolute Gasteiger partial charge is 0.254 e. The molecule has 1 saturated heterocycles. The molecule has 1 unspecified atom stereocenters. The quantitative estimate of drug-likeness (QED) is 0.801. The number of piperidine rings is 1. The van der Waals surface area contributed by atoms with Crippen molar-refractivity contribution in [3.8, 4) is 0 Å². The van der Waals surface area contributed by atoms with Gasteiger partial charge in [-0.25, -0.2) is 4.98 Å². The molecule has 0 aliphatic carbocycles. The van der Waals surface area contributed by atoms with Crippen molar-refractivity contribution in [1.29, 1.82) is 0 Å². The van der Waals surface area contributed by atoms with Crippen LogP contribution in [0.2, 0.25) is 5.15 Å². The fourth-order valence-corrected chi connectivity index (χ4v) is 3.01. The highest BCUT2D eigenvalue weighted by Gasteiger charge is 2.33. The van der Waals surface area contributed by atoms with Crippen molar-refractivity contribution >= 4 is 17.5 Å². The van der Waals surface area contributed by atoms with Gasteiger partial charge < -0.3 is 9.64 Å². The standard InChI is InChI=1S/C16H23ClN2O2/c1-4-6-13-9-12(10-14(17)18-13)15(20)19-8-5-7-16(2,11-19)21-3/h9-10H,4-8,11H2,1-3H3. The summed E-state index contributed by atoms with van der Waals surface area (Å²) in [6.07, 6.45) is 3.74. The Kier molecular flexibility index (Phi) is 5.22. The van der Waals surface area contributed by atoms with E-state index < -0.39 is 0 Å². The number of ether oxygens (including phenoxy) is 1. The zero-order valence-corrected chi connectivity index (χ0v) is 13.7. The monoisotopic (exact) mass is 310 g/mol. The summed E-state index contributed by atoms with van der Waals surface area (Å²) in [7, 11) is 1.70. The van der Waals surface area contributed by atoms with Crippen molar-refractivity contribution in [2.75, 3.05) is 20.2 Å². The highest BCUT2D eigenvalue weighted by Crippen LogP contribution is 2.25. The third kappa shape index (κ3) is 3.95. The second-order valence-electron chi connectivity index (χ2n) is 5.90. The third-order valence-electron chi connectivity index (χ3n) is 4.04. The fraction of sp³-hybridized carbons (Fsp3) is 0.625. The molecular formula is C16H23ClN2O2. The molecule has 2 heterocycles. The first kappa shape index (κ1) is 16.2. The maximum Gasteiger partial charge on any atom is 0.254 e. The maximum absolute atomic E-state index is 12.7. The molecule has 0 spiro atoms. The molecule has 0 saturated carbocycles. The van der Waals surface area contributed by atoms with Crippen LogP contribution >= 0.6 is 11.6 Å². The summed E-state index contributed by atoms with van der Waals surface area (Å²) in [5, 5.41) is 0.385. The Morgan fingerprint density at radius 1 is 1.52 bits per heavy atom. The van der Waals surface area contributed by atoms with Crippen LogP contribution in [-0.4, -0.2) is 41.6 Å². The van der Waals surface area contributed by atoms with Gasteiger partial charge in [-0.1, -0.05) is 24.9 Å². The molecule has 0 bridgehead atoms. The first-order valence-corrected chi connectivity index (χ1v) is 7.86. The van der Waals surface area contributed by atoms with Gasteiger partial charge in [0.15, 0.2) is 0 Å². The number of likely N-dealkylation sites (tertiary alicyclic amines) is 1. The van der Waals surface area contributed by atoms with Gasteiger partial charge in [0.05, 0.1) is 5.60 Å². The van der Waals surface area contributed by atoms with Gasteiger partial charge in [0, 0.05) is 31.5 Å². The van der Waals surface area contributed by atoms with E-state index in [1.165, 1.54) is 0 Å². The lowest BCUT2D eigenvalue weighted by Crippen LogP contribution is -2.49. The Balaban J connectivity index is 2.19. The number of carbonyl (C=O) groups is 1. The van der Waals surface area contributed by atoms with E-state index >= 15 is 0 Å². The zero-order chi connectivity index (χ0) is 15.5. The van der Waals surface area contributed by atoms with Gasteiger partial charge in [0.2, 0.25) is 0 Å². The molecule has 116 valence electrons. The number of methoxy groups -OCH3 is 1. The molecule has 2 rings (SSSR count). The van der Waals surface area contributed by atoms with Crippen LogP contribution in [0.4, 0.5) is 0 Å². The zero-order valence-electron chi connectivity index (χ0n) is 13.0. The number of carbonyl (C=O) groups excluding carboxylic acids is 1. The Morgan fingerprint density at radius 2 is 2.29 bits per heavy atom. The third-order valence-corrected chi connectivity index (χ3v) is 4.23. The Morgan fingerprint density at radius 3 is 2.95 bits per heavy atom. The summed E-state index contributed by atoms with van der Waals surface area (Å²) in [4.78, 5) is 18.8. The van der Waals surface area contributed by atoms with Crippen LogP contribution in [0.15, 0.2) is 12.1 Å². The molecule has 1 atom stereocenters.